The van der Waals surface area contributed by atoms with E-state index in [2.05, 4.69) is 81.2 Å². The monoisotopic (exact) mass is 524 g/mol. The Balaban J connectivity index is 2.63. The van der Waals surface area contributed by atoms with Crippen molar-refractivity contribution in [3.8, 4) is 0 Å². The lowest BCUT2D eigenvalue weighted by molar-refractivity contribution is -0.00152. The molecule has 0 radical (unpaired) electrons. The fourth-order valence-electron chi connectivity index (χ4n) is 4.31. The lowest BCUT2D eigenvalue weighted by atomic mass is 9.76. The Morgan fingerprint density at radius 3 is 1.68 bits per heavy atom. The highest BCUT2D eigenvalue weighted by Crippen LogP contribution is 2.48. The fraction of sp³-hybridized carbons (Fsp3) is 0.704. The molecule has 1 aliphatic rings. The first-order valence-corrected chi connectivity index (χ1v) is 19.8. The van der Waals surface area contributed by atoms with Gasteiger partial charge in [-0.2, -0.15) is 0 Å². The van der Waals surface area contributed by atoms with Gasteiger partial charge in [0.2, 0.25) is 0 Å². The van der Waals surface area contributed by atoms with Crippen molar-refractivity contribution in [3.05, 3.63) is 42.5 Å². The molecule has 0 bridgehead atoms. The summed E-state index contributed by atoms with van der Waals surface area (Å²) >= 11 is 0. The average Bonchev–Trinajstić information content (AvgIpc) is 2.67. The SMILES string of the molecule is C=C1C(S(=O)(=O)c2ccccc2)[C@H](C)[C@@H](O[Si](C)(C)C(C)(C)C)[C@H](C)[C@@H]1O[Si](C)(C)C(C)(C)C. The lowest BCUT2D eigenvalue weighted by Gasteiger charge is -2.52. The molecular weight excluding hydrogens is 477 g/mol. The minimum absolute atomic E-state index is 0.000348. The molecule has 5 atom stereocenters. The van der Waals surface area contributed by atoms with Crippen molar-refractivity contribution in [2.75, 3.05) is 0 Å². The van der Waals surface area contributed by atoms with Crippen molar-refractivity contribution in [1.82, 2.24) is 0 Å². The van der Waals surface area contributed by atoms with E-state index in [-0.39, 0.29) is 34.1 Å². The molecule has 7 heteroatoms. The van der Waals surface area contributed by atoms with Crippen molar-refractivity contribution in [2.24, 2.45) is 11.8 Å². The zero-order valence-electron chi connectivity index (χ0n) is 23.5. The molecule has 194 valence electrons. The van der Waals surface area contributed by atoms with E-state index in [0.717, 1.165) is 0 Å². The van der Waals surface area contributed by atoms with E-state index in [4.69, 9.17) is 8.85 Å². The van der Waals surface area contributed by atoms with E-state index in [1.807, 2.05) is 13.0 Å². The Labute approximate surface area is 211 Å². The molecule has 2 rings (SSSR count). The summed E-state index contributed by atoms with van der Waals surface area (Å²) in [6, 6.07) is 8.76. The highest BCUT2D eigenvalue weighted by Gasteiger charge is 2.54. The van der Waals surface area contributed by atoms with Crippen molar-refractivity contribution in [2.45, 2.75) is 114 Å². The van der Waals surface area contributed by atoms with Gasteiger partial charge in [-0.1, -0.05) is 80.2 Å². The fourth-order valence-corrected chi connectivity index (χ4v) is 9.21. The van der Waals surface area contributed by atoms with Crippen LogP contribution in [0.3, 0.4) is 0 Å². The van der Waals surface area contributed by atoms with Gasteiger partial charge in [-0.25, -0.2) is 8.42 Å². The summed E-state index contributed by atoms with van der Waals surface area (Å²) in [6.45, 7) is 30.8. The van der Waals surface area contributed by atoms with Crippen LogP contribution in [0.15, 0.2) is 47.4 Å². The maximum absolute atomic E-state index is 14.0. The first-order chi connectivity index (χ1) is 15.1. The third-order valence-corrected chi connectivity index (χ3v) is 19.9. The molecule has 34 heavy (non-hydrogen) atoms. The molecule has 1 unspecified atom stereocenters. The van der Waals surface area contributed by atoms with Gasteiger partial charge in [0, 0.05) is 11.8 Å². The second kappa shape index (κ2) is 9.62. The van der Waals surface area contributed by atoms with E-state index >= 15 is 0 Å². The van der Waals surface area contributed by atoms with Gasteiger partial charge in [0.25, 0.3) is 0 Å². The Morgan fingerprint density at radius 1 is 0.794 bits per heavy atom. The van der Waals surface area contributed by atoms with Gasteiger partial charge in [-0.3, -0.25) is 0 Å². The van der Waals surface area contributed by atoms with E-state index in [1.165, 1.54) is 0 Å². The van der Waals surface area contributed by atoms with E-state index in [1.54, 1.807) is 24.3 Å². The van der Waals surface area contributed by atoms with Crippen molar-refractivity contribution >= 4 is 26.5 Å². The van der Waals surface area contributed by atoms with Crippen LogP contribution in [0.5, 0.6) is 0 Å². The van der Waals surface area contributed by atoms with Crippen LogP contribution in [-0.4, -0.2) is 42.5 Å². The van der Waals surface area contributed by atoms with Crippen molar-refractivity contribution in [3.63, 3.8) is 0 Å². The Bertz CT molecular complexity index is 972. The highest BCUT2D eigenvalue weighted by atomic mass is 32.2. The molecule has 1 aromatic rings. The number of rotatable bonds is 6. The van der Waals surface area contributed by atoms with Crippen molar-refractivity contribution in [1.29, 1.82) is 0 Å². The summed E-state index contributed by atoms with van der Waals surface area (Å²) in [7, 11) is -8.01. The molecule has 1 fully saturated rings. The van der Waals surface area contributed by atoms with Gasteiger partial charge in [0.05, 0.1) is 22.4 Å². The second-order valence-electron chi connectivity index (χ2n) is 13.2. The molecule has 0 amide bonds. The number of benzene rings is 1. The molecule has 0 N–H and O–H groups in total. The number of sulfone groups is 1. The van der Waals surface area contributed by atoms with Crippen LogP contribution in [-0.2, 0) is 18.7 Å². The predicted octanol–water partition coefficient (Wildman–Crippen LogP) is 7.45. The third kappa shape index (κ3) is 5.64. The normalized spacial score (nSPS) is 27.6. The largest absolute Gasteiger partial charge is 0.413 e. The molecule has 0 spiro atoms. The van der Waals surface area contributed by atoms with Gasteiger partial charge in [0.15, 0.2) is 26.5 Å². The van der Waals surface area contributed by atoms with Gasteiger partial charge >= 0.3 is 0 Å². The van der Waals surface area contributed by atoms with Gasteiger partial charge in [-0.15, -0.1) is 0 Å². The molecular formula is C27H48O4SSi2. The molecule has 0 heterocycles. The maximum Gasteiger partial charge on any atom is 0.192 e. The summed E-state index contributed by atoms with van der Waals surface area (Å²) in [4.78, 5) is 0.333. The van der Waals surface area contributed by atoms with E-state index in [9.17, 15) is 8.42 Å². The summed E-state index contributed by atoms with van der Waals surface area (Å²) in [5.41, 5.74) is 0.670. The minimum Gasteiger partial charge on any atom is -0.413 e. The van der Waals surface area contributed by atoms with Crippen LogP contribution in [0.25, 0.3) is 0 Å². The zero-order valence-corrected chi connectivity index (χ0v) is 26.3. The van der Waals surface area contributed by atoms with Crippen LogP contribution < -0.4 is 0 Å². The second-order valence-corrected chi connectivity index (χ2v) is 24.8. The minimum atomic E-state index is -3.66. The number of hydrogen-bond donors (Lipinski definition) is 0. The topological polar surface area (TPSA) is 52.6 Å². The zero-order chi connectivity index (χ0) is 26.5. The van der Waals surface area contributed by atoms with Gasteiger partial charge in [-0.05, 0) is 54.0 Å². The van der Waals surface area contributed by atoms with Crippen LogP contribution in [0.2, 0.25) is 36.3 Å². The van der Waals surface area contributed by atoms with Crippen LogP contribution in [0.1, 0.15) is 55.4 Å². The summed E-state index contributed by atoms with van der Waals surface area (Å²) in [5.74, 6) is -0.228. The Kier molecular flexibility index (Phi) is 8.34. The maximum atomic E-state index is 14.0. The molecule has 1 aromatic carbocycles. The van der Waals surface area contributed by atoms with E-state index < -0.39 is 31.7 Å². The average molecular weight is 525 g/mol. The standard InChI is InChI=1S/C27H48O4SSi2/c1-19-23(30-33(10,11)26(4,5)6)20(2)25(32(28,29)22-17-15-14-16-18-22)21(3)24(19)31-34(12,13)27(7,8)9/h14-19,21,23-25H,2H2,1,3-13H3/t19-,21-,23+,24+,25?/m1/s1. The van der Waals surface area contributed by atoms with Gasteiger partial charge < -0.3 is 8.85 Å². The van der Waals surface area contributed by atoms with Crippen LogP contribution >= 0.6 is 0 Å². The summed E-state index contributed by atoms with van der Waals surface area (Å²) < 4.78 is 41.9. The van der Waals surface area contributed by atoms with Crippen molar-refractivity contribution < 1.29 is 17.3 Å². The molecule has 4 nitrogen and oxygen atoms in total. The van der Waals surface area contributed by atoms with Gasteiger partial charge in [0.1, 0.15) is 0 Å². The van der Waals surface area contributed by atoms with Crippen LogP contribution in [0, 0.1) is 11.8 Å². The molecule has 1 aliphatic carbocycles. The lowest BCUT2D eigenvalue weighted by Crippen LogP contribution is -2.59. The smallest absolute Gasteiger partial charge is 0.192 e. The molecule has 0 saturated heterocycles. The van der Waals surface area contributed by atoms with Crippen LogP contribution in [0.4, 0.5) is 0 Å². The Morgan fingerprint density at radius 2 is 1.24 bits per heavy atom. The summed E-state index contributed by atoms with van der Waals surface area (Å²) in [5, 5.41) is -0.736. The Hall–Kier alpha value is -0.736. The first-order valence-electron chi connectivity index (χ1n) is 12.5. The molecule has 0 aliphatic heterocycles. The first kappa shape index (κ1) is 29.5. The summed E-state index contributed by atoms with van der Waals surface area (Å²) in [6.07, 6.45) is -0.597. The molecule has 1 saturated carbocycles. The quantitative estimate of drug-likeness (QED) is 0.286. The number of hydrogen-bond acceptors (Lipinski definition) is 4. The highest BCUT2D eigenvalue weighted by molar-refractivity contribution is 7.92. The predicted molar refractivity (Wildman–Crippen MR) is 149 cm³/mol. The van der Waals surface area contributed by atoms with E-state index in [0.29, 0.717) is 10.5 Å². The third-order valence-electron chi connectivity index (χ3n) is 8.59. The molecule has 0 aromatic heterocycles.